The summed E-state index contributed by atoms with van der Waals surface area (Å²) in [4.78, 5) is 29.3. The summed E-state index contributed by atoms with van der Waals surface area (Å²) in [5, 5.41) is 3.13. The molecule has 3 aromatic carbocycles. The first kappa shape index (κ1) is 29.3. The van der Waals surface area contributed by atoms with Crippen LogP contribution in [0, 0.1) is 12.7 Å². The number of sulfonamides is 1. The van der Waals surface area contributed by atoms with E-state index in [0.717, 1.165) is 47.4 Å². The second kappa shape index (κ2) is 13.1. The van der Waals surface area contributed by atoms with Gasteiger partial charge in [0.1, 0.15) is 18.4 Å². The van der Waals surface area contributed by atoms with E-state index in [1.54, 1.807) is 30.3 Å². The van der Waals surface area contributed by atoms with E-state index in [1.807, 2.05) is 43.3 Å². The highest BCUT2D eigenvalue weighted by Crippen LogP contribution is 2.23. The molecule has 0 radical (unpaired) electrons. The summed E-state index contributed by atoms with van der Waals surface area (Å²) in [7, 11) is -3.83. The zero-order chi connectivity index (χ0) is 28.7. The minimum atomic E-state index is -3.83. The minimum absolute atomic E-state index is 0.0140. The van der Waals surface area contributed by atoms with Gasteiger partial charge in [-0.1, -0.05) is 67.4 Å². The second-order valence-electron chi connectivity index (χ2n) is 10.5. The Kier molecular flexibility index (Phi) is 9.58. The molecule has 3 aromatic rings. The molecular formula is C31H36FN3O4S. The zero-order valence-electron chi connectivity index (χ0n) is 22.9. The van der Waals surface area contributed by atoms with Gasteiger partial charge >= 0.3 is 0 Å². The highest BCUT2D eigenvalue weighted by Gasteiger charge is 2.34. The molecule has 1 atom stereocenters. The lowest BCUT2D eigenvalue weighted by Gasteiger charge is -2.34. The molecule has 0 heterocycles. The number of anilines is 1. The van der Waals surface area contributed by atoms with Gasteiger partial charge in [0, 0.05) is 19.0 Å². The fourth-order valence-corrected chi connectivity index (χ4v) is 5.95. The van der Waals surface area contributed by atoms with Crippen molar-refractivity contribution in [3.05, 3.63) is 101 Å². The lowest BCUT2D eigenvalue weighted by Crippen LogP contribution is -2.54. The molecule has 212 valence electrons. The Balaban J connectivity index is 1.72. The zero-order valence-corrected chi connectivity index (χ0v) is 23.7. The fourth-order valence-electron chi connectivity index (χ4n) is 5.10. The van der Waals surface area contributed by atoms with Gasteiger partial charge in [-0.15, -0.1) is 0 Å². The first-order chi connectivity index (χ1) is 19.1. The number of aryl methyl sites for hydroxylation is 1. The van der Waals surface area contributed by atoms with Crippen LogP contribution < -0.4 is 9.62 Å². The number of nitrogens with zero attached hydrogens (tertiary/aromatic N) is 2. The number of carbonyl (C=O) groups is 2. The Morgan fingerprint density at radius 3 is 2.25 bits per heavy atom. The molecule has 2 amide bonds. The van der Waals surface area contributed by atoms with E-state index < -0.39 is 34.3 Å². The standard InChI is InChI=1S/C31H36FN3O4S/c1-23-9-8-14-28(19-23)35(40(2,38)39)22-30(36)34(21-25-15-17-26(32)18-16-25)29(20-24-10-4-3-5-11-24)31(37)33-27-12-6-7-13-27/h3-5,8-11,14-19,27,29H,6-7,12-13,20-22H2,1-2H3,(H,33,37)/t29-/m1/s1. The normalized spacial score (nSPS) is 14.5. The maximum absolute atomic E-state index is 14.1. The van der Waals surface area contributed by atoms with E-state index in [4.69, 9.17) is 0 Å². The molecule has 1 aliphatic rings. The maximum atomic E-state index is 14.1. The average Bonchev–Trinajstić information content (AvgIpc) is 3.43. The SMILES string of the molecule is Cc1cccc(N(CC(=O)N(Cc2ccc(F)cc2)[C@H](Cc2ccccc2)C(=O)NC2CCCC2)S(C)(=O)=O)c1. The van der Waals surface area contributed by atoms with Crippen molar-refractivity contribution in [1.82, 2.24) is 10.2 Å². The van der Waals surface area contributed by atoms with Crippen LogP contribution in [0.4, 0.5) is 10.1 Å². The topological polar surface area (TPSA) is 86.8 Å². The van der Waals surface area contributed by atoms with Crippen molar-refractivity contribution in [2.24, 2.45) is 0 Å². The molecule has 0 aromatic heterocycles. The molecule has 7 nitrogen and oxygen atoms in total. The highest BCUT2D eigenvalue weighted by molar-refractivity contribution is 7.92. The van der Waals surface area contributed by atoms with Gasteiger partial charge in [0.15, 0.2) is 0 Å². The van der Waals surface area contributed by atoms with Crippen LogP contribution in [-0.4, -0.2) is 50.0 Å². The molecule has 0 unspecified atom stereocenters. The number of hydrogen-bond acceptors (Lipinski definition) is 4. The van der Waals surface area contributed by atoms with Crippen LogP contribution in [0.5, 0.6) is 0 Å². The van der Waals surface area contributed by atoms with Gasteiger partial charge in [0.05, 0.1) is 11.9 Å². The number of benzene rings is 3. The lowest BCUT2D eigenvalue weighted by atomic mass is 10.0. The van der Waals surface area contributed by atoms with E-state index in [0.29, 0.717) is 11.3 Å². The van der Waals surface area contributed by atoms with Crippen LogP contribution in [0.1, 0.15) is 42.4 Å². The van der Waals surface area contributed by atoms with Crippen molar-refractivity contribution in [3.63, 3.8) is 0 Å². The fraction of sp³-hybridized carbons (Fsp3) is 0.355. The molecule has 40 heavy (non-hydrogen) atoms. The molecule has 1 N–H and O–H groups in total. The Hall–Kier alpha value is -3.72. The third kappa shape index (κ3) is 7.91. The number of amides is 2. The van der Waals surface area contributed by atoms with Gasteiger partial charge < -0.3 is 10.2 Å². The number of rotatable bonds is 11. The summed E-state index contributed by atoms with van der Waals surface area (Å²) in [5.41, 5.74) is 2.71. The maximum Gasteiger partial charge on any atom is 0.244 e. The van der Waals surface area contributed by atoms with Crippen molar-refractivity contribution in [2.75, 3.05) is 17.1 Å². The molecule has 0 spiro atoms. The van der Waals surface area contributed by atoms with Gasteiger partial charge in [-0.2, -0.15) is 0 Å². The summed E-state index contributed by atoms with van der Waals surface area (Å²) in [5.74, 6) is -1.23. The summed E-state index contributed by atoms with van der Waals surface area (Å²) >= 11 is 0. The van der Waals surface area contributed by atoms with Crippen LogP contribution >= 0.6 is 0 Å². The van der Waals surface area contributed by atoms with Gasteiger partial charge in [-0.25, -0.2) is 12.8 Å². The van der Waals surface area contributed by atoms with Gasteiger partial charge in [-0.05, 0) is 60.7 Å². The molecule has 1 fully saturated rings. The smallest absolute Gasteiger partial charge is 0.244 e. The molecule has 1 aliphatic carbocycles. The van der Waals surface area contributed by atoms with E-state index in [9.17, 15) is 22.4 Å². The number of hydrogen-bond donors (Lipinski definition) is 1. The summed E-state index contributed by atoms with van der Waals surface area (Å²) in [6.07, 6.45) is 5.13. The van der Waals surface area contributed by atoms with Crippen LogP contribution in [0.3, 0.4) is 0 Å². The Morgan fingerprint density at radius 1 is 0.950 bits per heavy atom. The third-order valence-electron chi connectivity index (χ3n) is 7.21. The first-order valence-corrected chi connectivity index (χ1v) is 15.4. The molecule has 0 bridgehead atoms. The van der Waals surface area contributed by atoms with Crippen LogP contribution in [-0.2, 0) is 32.6 Å². The van der Waals surface area contributed by atoms with E-state index in [1.165, 1.54) is 17.0 Å². The van der Waals surface area contributed by atoms with Gasteiger partial charge in [-0.3, -0.25) is 13.9 Å². The predicted molar refractivity (Wildman–Crippen MR) is 155 cm³/mol. The van der Waals surface area contributed by atoms with E-state index >= 15 is 0 Å². The number of halogens is 1. The largest absolute Gasteiger partial charge is 0.352 e. The van der Waals surface area contributed by atoms with Crippen LogP contribution in [0.25, 0.3) is 0 Å². The second-order valence-corrected chi connectivity index (χ2v) is 12.4. The molecule has 0 saturated heterocycles. The van der Waals surface area contributed by atoms with Crippen molar-refractivity contribution in [1.29, 1.82) is 0 Å². The Labute approximate surface area is 236 Å². The summed E-state index contributed by atoms with van der Waals surface area (Å²) < 4.78 is 40.5. The quantitative estimate of drug-likeness (QED) is 0.368. The number of carbonyl (C=O) groups excluding carboxylic acids is 2. The monoisotopic (exact) mass is 565 g/mol. The van der Waals surface area contributed by atoms with Gasteiger partial charge in [0.2, 0.25) is 21.8 Å². The highest BCUT2D eigenvalue weighted by atomic mass is 32.2. The predicted octanol–water partition coefficient (Wildman–Crippen LogP) is 4.60. The van der Waals surface area contributed by atoms with Crippen LogP contribution in [0.2, 0.25) is 0 Å². The van der Waals surface area contributed by atoms with Crippen molar-refractivity contribution < 1.29 is 22.4 Å². The lowest BCUT2D eigenvalue weighted by molar-refractivity contribution is -0.140. The van der Waals surface area contributed by atoms with Crippen molar-refractivity contribution in [2.45, 2.75) is 57.7 Å². The Bertz CT molecular complexity index is 1410. The summed E-state index contributed by atoms with van der Waals surface area (Å²) in [6, 6.07) is 21.2. The van der Waals surface area contributed by atoms with Crippen molar-refractivity contribution in [3.8, 4) is 0 Å². The minimum Gasteiger partial charge on any atom is -0.352 e. The van der Waals surface area contributed by atoms with E-state index in [-0.39, 0.29) is 24.9 Å². The Morgan fingerprint density at radius 2 is 1.62 bits per heavy atom. The van der Waals surface area contributed by atoms with Crippen molar-refractivity contribution >= 4 is 27.5 Å². The molecule has 9 heteroatoms. The molecular weight excluding hydrogens is 529 g/mol. The number of nitrogens with one attached hydrogen (secondary N) is 1. The third-order valence-corrected chi connectivity index (χ3v) is 8.35. The van der Waals surface area contributed by atoms with Gasteiger partial charge in [0.25, 0.3) is 0 Å². The molecule has 0 aliphatic heterocycles. The molecule has 4 rings (SSSR count). The van der Waals surface area contributed by atoms with Crippen LogP contribution in [0.15, 0.2) is 78.9 Å². The summed E-state index contributed by atoms with van der Waals surface area (Å²) in [6.45, 7) is 1.38. The molecule has 1 saturated carbocycles. The van der Waals surface area contributed by atoms with E-state index in [2.05, 4.69) is 5.32 Å². The first-order valence-electron chi connectivity index (χ1n) is 13.5. The average molecular weight is 566 g/mol.